The molecule has 1 unspecified atom stereocenters. The normalized spacial score (nSPS) is 13.7. The first-order chi connectivity index (χ1) is 9.68. The second kappa shape index (κ2) is 17.1. The van der Waals surface area contributed by atoms with Gasteiger partial charge >= 0.3 is 0 Å². The third-order valence-electron chi connectivity index (χ3n) is 4.43. The number of quaternary nitrogens is 1. The molecule has 0 fully saturated rings. The van der Waals surface area contributed by atoms with Crippen LogP contribution in [0.5, 0.6) is 0 Å². The Balaban J connectivity index is 0. The summed E-state index contributed by atoms with van der Waals surface area (Å²) in [5.74, 6) is 0.825. The lowest BCUT2D eigenvalue weighted by Gasteiger charge is -2.35. The van der Waals surface area contributed by atoms with E-state index in [-0.39, 0.29) is 17.0 Å². The molecule has 0 aromatic carbocycles. The van der Waals surface area contributed by atoms with Crippen molar-refractivity contribution in [3.05, 3.63) is 0 Å². The zero-order valence-corrected chi connectivity index (χ0v) is 17.2. The molecule has 0 radical (unpaired) electrons. The van der Waals surface area contributed by atoms with Gasteiger partial charge in [0.05, 0.1) is 26.7 Å². The average molecular weight is 385 g/mol. The topological polar surface area (TPSA) is 0 Å². The summed E-state index contributed by atoms with van der Waals surface area (Å²) in [6.07, 6.45) is 15.1. The van der Waals surface area contributed by atoms with Gasteiger partial charge in [0, 0.05) is 5.88 Å². The van der Waals surface area contributed by atoms with Gasteiger partial charge in [-0.3, -0.25) is 0 Å². The predicted molar refractivity (Wildman–Crippen MR) is 93.6 cm³/mol. The van der Waals surface area contributed by atoms with Crippen molar-refractivity contribution < 1.29 is 21.5 Å². The van der Waals surface area contributed by atoms with Gasteiger partial charge < -0.3 is 21.5 Å². The first kappa shape index (κ1) is 24.0. The minimum Gasteiger partial charge on any atom is -1.00 e. The van der Waals surface area contributed by atoms with Crippen LogP contribution in [0.4, 0.5) is 0 Å². The van der Waals surface area contributed by atoms with E-state index in [1.54, 1.807) is 0 Å². The third-order valence-corrected chi connectivity index (χ3v) is 4.70. The summed E-state index contributed by atoms with van der Waals surface area (Å²) in [6.45, 7) is 8.65. The molecule has 0 aromatic heterocycles. The van der Waals surface area contributed by atoms with Gasteiger partial charge in [0.2, 0.25) is 0 Å². The lowest BCUT2D eigenvalue weighted by molar-refractivity contribution is -0.910. The van der Waals surface area contributed by atoms with E-state index in [4.69, 9.17) is 11.6 Å². The number of nitrogens with zero attached hydrogens (tertiary/aromatic N) is 1. The van der Waals surface area contributed by atoms with Crippen molar-refractivity contribution in [2.45, 2.75) is 84.5 Å². The molecule has 0 N–H and O–H groups in total. The number of alkyl halides is 1. The van der Waals surface area contributed by atoms with Crippen LogP contribution in [0.15, 0.2) is 0 Å². The molecule has 0 aromatic rings. The molecule has 0 saturated heterocycles. The highest BCUT2D eigenvalue weighted by molar-refractivity contribution is 6.17. The second-order valence-corrected chi connectivity index (χ2v) is 7.04. The standard InChI is InChI=1S/C18H39ClN.BrH/c1-4-6-8-9-10-13-17-20(3,16-12-7-5-2)18-14-11-15-19;/h4-18H2,1-3H3;1H/q+1;/p-1. The maximum Gasteiger partial charge on any atom is 0.0784 e. The fraction of sp³-hybridized carbons (Fsp3) is 1.00. The predicted octanol–water partition coefficient (Wildman–Crippen LogP) is 3.01. The zero-order chi connectivity index (χ0) is 15.1. The molecule has 3 heteroatoms. The zero-order valence-electron chi connectivity index (χ0n) is 14.8. The largest absolute Gasteiger partial charge is 1.00 e. The lowest BCUT2D eigenvalue weighted by atomic mass is 10.1. The van der Waals surface area contributed by atoms with Crippen LogP contribution in [0.3, 0.4) is 0 Å². The first-order valence-electron chi connectivity index (χ1n) is 9.08. The van der Waals surface area contributed by atoms with Crippen LogP contribution in [-0.2, 0) is 0 Å². The Labute approximate surface area is 150 Å². The van der Waals surface area contributed by atoms with Crippen molar-refractivity contribution in [3.63, 3.8) is 0 Å². The van der Waals surface area contributed by atoms with Crippen molar-refractivity contribution >= 4 is 11.6 Å². The van der Waals surface area contributed by atoms with E-state index in [2.05, 4.69) is 20.9 Å². The smallest absolute Gasteiger partial charge is 0.0784 e. The van der Waals surface area contributed by atoms with E-state index in [0.29, 0.717) is 0 Å². The molecule has 0 spiro atoms. The molecule has 0 aliphatic rings. The summed E-state index contributed by atoms with van der Waals surface area (Å²) < 4.78 is 1.28. The van der Waals surface area contributed by atoms with Crippen molar-refractivity contribution in [2.24, 2.45) is 0 Å². The summed E-state index contributed by atoms with van der Waals surface area (Å²) in [5, 5.41) is 0. The number of hydrogen-bond donors (Lipinski definition) is 0. The Kier molecular flexibility index (Phi) is 19.5. The summed E-state index contributed by atoms with van der Waals surface area (Å²) in [4.78, 5) is 0. The van der Waals surface area contributed by atoms with Crippen LogP contribution in [-0.4, -0.2) is 37.0 Å². The van der Waals surface area contributed by atoms with E-state index < -0.39 is 0 Å². The molecule has 0 aliphatic carbocycles. The highest BCUT2D eigenvalue weighted by Gasteiger charge is 2.19. The SMILES string of the molecule is CCCCCCCC[N+](C)(CCCCC)CCCCCl.[Br-]. The fourth-order valence-electron chi connectivity index (χ4n) is 2.94. The number of hydrogen-bond acceptors (Lipinski definition) is 0. The summed E-state index contributed by atoms with van der Waals surface area (Å²) in [5.41, 5.74) is 0. The third kappa shape index (κ3) is 15.4. The van der Waals surface area contributed by atoms with E-state index in [0.717, 1.165) is 5.88 Å². The minimum absolute atomic E-state index is 0. The highest BCUT2D eigenvalue weighted by atomic mass is 79.9. The molecule has 1 nitrogen and oxygen atoms in total. The molecule has 21 heavy (non-hydrogen) atoms. The Morgan fingerprint density at radius 3 is 1.52 bits per heavy atom. The van der Waals surface area contributed by atoms with E-state index in [1.807, 2.05) is 0 Å². The molecule has 0 aliphatic heterocycles. The van der Waals surface area contributed by atoms with Crippen LogP contribution in [0.1, 0.15) is 84.5 Å². The molecule has 0 amide bonds. The minimum atomic E-state index is 0. The number of rotatable bonds is 15. The molecular weight excluding hydrogens is 346 g/mol. The van der Waals surface area contributed by atoms with Gasteiger partial charge in [0.1, 0.15) is 0 Å². The van der Waals surface area contributed by atoms with Crippen molar-refractivity contribution in [1.29, 1.82) is 0 Å². The summed E-state index contributed by atoms with van der Waals surface area (Å²) >= 11 is 5.83. The lowest BCUT2D eigenvalue weighted by Crippen LogP contribution is -3.00. The monoisotopic (exact) mass is 383 g/mol. The summed E-state index contributed by atoms with van der Waals surface area (Å²) in [6, 6.07) is 0. The van der Waals surface area contributed by atoms with Crippen LogP contribution >= 0.6 is 11.6 Å². The van der Waals surface area contributed by atoms with Gasteiger partial charge in [-0.1, -0.05) is 46.0 Å². The van der Waals surface area contributed by atoms with E-state index in [9.17, 15) is 0 Å². The van der Waals surface area contributed by atoms with Crippen LogP contribution in [0.2, 0.25) is 0 Å². The molecule has 1 atom stereocenters. The molecule has 0 rings (SSSR count). The first-order valence-corrected chi connectivity index (χ1v) is 9.61. The van der Waals surface area contributed by atoms with Gasteiger partial charge in [-0.2, -0.15) is 0 Å². The Morgan fingerprint density at radius 1 is 0.619 bits per heavy atom. The van der Waals surface area contributed by atoms with Gasteiger partial charge in [-0.25, -0.2) is 0 Å². The van der Waals surface area contributed by atoms with Crippen molar-refractivity contribution in [1.82, 2.24) is 0 Å². The second-order valence-electron chi connectivity index (χ2n) is 6.66. The van der Waals surface area contributed by atoms with E-state index >= 15 is 0 Å². The number of halogens is 2. The molecule has 0 bridgehead atoms. The fourth-order valence-corrected chi connectivity index (χ4v) is 3.13. The molecular formula is C18H39BrClN. The van der Waals surface area contributed by atoms with Gasteiger partial charge in [-0.05, 0) is 38.5 Å². The van der Waals surface area contributed by atoms with Crippen molar-refractivity contribution in [2.75, 3.05) is 32.6 Å². The van der Waals surface area contributed by atoms with Crippen LogP contribution in [0.25, 0.3) is 0 Å². The quantitative estimate of drug-likeness (QED) is 0.231. The highest BCUT2D eigenvalue weighted by Crippen LogP contribution is 2.14. The molecule has 0 heterocycles. The summed E-state index contributed by atoms with van der Waals surface area (Å²) in [7, 11) is 2.47. The van der Waals surface area contributed by atoms with Crippen LogP contribution in [0, 0.1) is 0 Å². The Morgan fingerprint density at radius 2 is 1.00 bits per heavy atom. The van der Waals surface area contributed by atoms with Crippen molar-refractivity contribution in [3.8, 4) is 0 Å². The number of unbranched alkanes of at least 4 members (excludes halogenated alkanes) is 8. The maximum absolute atomic E-state index is 5.83. The van der Waals surface area contributed by atoms with E-state index in [1.165, 1.54) is 94.7 Å². The Bertz CT molecular complexity index is 190. The van der Waals surface area contributed by atoms with Gasteiger partial charge in [0.15, 0.2) is 0 Å². The average Bonchev–Trinajstić information content (AvgIpc) is 2.43. The maximum atomic E-state index is 5.83. The molecule has 0 saturated carbocycles. The van der Waals surface area contributed by atoms with Crippen LogP contribution < -0.4 is 17.0 Å². The Hall–Kier alpha value is 0.730. The van der Waals surface area contributed by atoms with Gasteiger partial charge in [-0.15, -0.1) is 11.6 Å². The molecule has 130 valence electrons. The van der Waals surface area contributed by atoms with Gasteiger partial charge in [0.25, 0.3) is 0 Å².